The molecular weight excluding hydrogens is 412 g/mol. The van der Waals surface area contributed by atoms with E-state index in [1.54, 1.807) is 49.6 Å². The van der Waals surface area contributed by atoms with Crippen molar-refractivity contribution >= 4 is 29.2 Å². The molecule has 0 bridgehead atoms. The highest BCUT2D eigenvalue weighted by Gasteiger charge is 2.14. The average molecular weight is 437 g/mol. The quantitative estimate of drug-likeness (QED) is 0.392. The Kier molecular flexibility index (Phi) is 7.84. The molecule has 2 amide bonds. The molecule has 31 heavy (non-hydrogen) atoms. The lowest BCUT2D eigenvalue weighted by Gasteiger charge is -2.12. The lowest BCUT2D eigenvalue weighted by atomic mass is 10.1. The number of thiophene rings is 1. The van der Waals surface area contributed by atoms with Crippen LogP contribution in [0.2, 0.25) is 0 Å². The fraction of sp³-hybridized carbons (Fsp3) is 0.167. The van der Waals surface area contributed by atoms with Crippen LogP contribution in [-0.2, 0) is 4.79 Å². The van der Waals surface area contributed by atoms with E-state index in [4.69, 9.17) is 9.47 Å². The Hall–Kier alpha value is -3.58. The maximum atomic E-state index is 12.7. The Morgan fingerprint density at radius 3 is 2.35 bits per heavy atom. The molecule has 1 aromatic heterocycles. The molecule has 7 heteroatoms. The van der Waals surface area contributed by atoms with Crippen LogP contribution in [0.5, 0.6) is 11.5 Å². The highest BCUT2D eigenvalue weighted by Crippen LogP contribution is 2.17. The first-order chi connectivity index (χ1) is 15.0. The second-order valence-corrected chi connectivity index (χ2v) is 7.65. The molecule has 0 aliphatic carbocycles. The van der Waals surface area contributed by atoms with Crippen molar-refractivity contribution in [3.05, 3.63) is 87.7 Å². The standard InChI is InChI=1S/C24H24N2O4S/c1-17-5-7-18(8-6-17)23(27)26-22(16-21-4-3-15-31-21)24(28)25-13-14-30-20-11-9-19(29-2)10-12-20/h3-12,15-16H,13-14H2,1-2H3,(H,25,28)(H,26,27)/b22-16-. The Labute approximate surface area is 185 Å². The number of aryl methyl sites for hydroxylation is 1. The van der Waals surface area contributed by atoms with Gasteiger partial charge in [0.05, 0.1) is 13.7 Å². The molecule has 0 saturated carbocycles. The van der Waals surface area contributed by atoms with Crippen molar-refractivity contribution in [3.8, 4) is 11.5 Å². The molecule has 0 unspecified atom stereocenters. The molecule has 2 aromatic carbocycles. The average Bonchev–Trinajstić information content (AvgIpc) is 3.30. The van der Waals surface area contributed by atoms with Crippen LogP contribution < -0.4 is 20.1 Å². The van der Waals surface area contributed by atoms with Gasteiger partial charge in [-0.3, -0.25) is 9.59 Å². The second kappa shape index (κ2) is 11.0. The topological polar surface area (TPSA) is 76.7 Å². The summed E-state index contributed by atoms with van der Waals surface area (Å²) in [5.74, 6) is 0.699. The minimum Gasteiger partial charge on any atom is -0.497 e. The summed E-state index contributed by atoms with van der Waals surface area (Å²) in [5.41, 5.74) is 1.72. The maximum Gasteiger partial charge on any atom is 0.267 e. The summed E-state index contributed by atoms with van der Waals surface area (Å²) in [5, 5.41) is 7.42. The molecule has 2 N–H and O–H groups in total. The Morgan fingerprint density at radius 2 is 1.71 bits per heavy atom. The van der Waals surface area contributed by atoms with E-state index in [1.165, 1.54) is 11.3 Å². The van der Waals surface area contributed by atoms with Gasteiger partial charge < -0.3 is 20.1 Å². The van der Waals surface area contributed by atoms with Gasteiger partial charge in [0.25, 0.3) is 11.8 Å². The molecule has 3 aromatic rings. The van der Waals surface area contributed by atoms with Crippen molar-refractivity contribution in [2.24, 2.45) is 0 Å². The highest BCUT2D eigenvalue weighted by molar-refractivity contribution is 7.10. The normalized spacial score (nSPS) is 11.0. The monoisotopic (exact) mass is 436 g/mol. The predicted molar refractivity (Wildman–Crippen MR) is 122 cm³/mol. The molecule has 0 saturated heterocycles. The van der Waals surface area contributed by atoms with E-state index in [9.17, 15) is 9.59 Å². The molecular formula is C24H24N2O4S. The minimum atomic E-state index is -0.382. The molecule has 0 radical (unpaired) electrons. The summed E-state index contributed by atoms with van der Waals surface area (Å²) in [7, 11) is 1.60. The summed E-state index contributed by atoms with van der Waals surface area (Å²) < 4.78 is 10.7. The van der Waals surface area contributed by atoms with Crippen molar-refractivity contribution in [1.29, 1.82) is 0 Å². The molecule has 0 aliphatic rings. The minimum absolute atomic E-state index is 0.178. The van der Waals surface area contributed by atoms with E-state index < -0.39 is 0 Å². The number of benzene rings is 2. The maximum absolute atomic E-state index is 12.7. The number of amides is 2. The highest BCUT2D eigenvalue weighted by atomic mass is 32.1. The van der Waals surface area contributed by atoms with Gasteiger partial charge in [0.2, 0.25) is 0 Å². The third kappa shape index (κ3) is 6.72. The smallest absolute Gasteiger partial charge is 0.267 e. The van der Waals surface area contributed by atoms with Gasteiger partial charge in [-0.1, -0.05) is 23.8 Å². The number of hydrogen-bond donors (Lipinski definition) is 2. The zero-order valence-electron chi connectivity index (χ0n) is 17.4. The van der Waals surface area contributed by atoms with Crippen LogP contribution in [0.15, 0.2) is 71.7 Å². The van der Waals surface area contributed by atoms with Crippen LogP contribution in [0.4, 0.5) is 0 Å². The van der Waals surface area contributed by atoms with Gasteiger partial charge in [-0.2, -0.15) is 0 Å². The third-order valence-electron chi connectivity index (χ3n) is 4.35. The number of ether oxygens (including phenoxy) is 2. The van der Waals surface area contributed by atoms with Crippen LogP contribution >= 0.6 is 11.3 Å². The molecule has 0 atom stereocenters. The summed E-state index contributed by atoms with van der Waals surface area (Å²) in [4.78, 5) is 26.2. The van der Waals surface area contributed by atoms with E-state index >= 15 is 0 Å². The number of nitrogens with one attached hydrogen (secondary N) is 2. The molecule has 0 spiro atoms. The molecule has 160 valence electrons. The zero-order chi connectivity index (χ0) is 22.1. The summed E-state index contributed by atoms with van der Waals surface area (Å²) in [6, 6.07) is 18.1. The van der Waals surface area contributed by atoms with Gasteiger partial charge in [-0.15, -0.1) is 11.3 Å². The summed E-state index contributed by atoms with van der Waals surface area (Å²) in [6.45, 7) is 2.52. The Morgan fingerprint density at radius 1 is 1.00 bits per heavy atom. The number of rotatable bonds is 9. The zero-order valence-corrected chi connectivity index (χ0v) is 18.2. The van der Waals surface area contributed by atoms with Gasteiger partial charge in [0.1, 0.15) is 23.8 Å². The van der Waals surface area contributed by atoms with Gasteiger partial charge in [0, 0.05) is 10.4 Å². The third-order valence-corrected chi connectivity index (χ3v) is 5.17. The number of methoxy groups -OCH3 is 1. The molecule has 6 nitrogen and oxygen atoms in total. The van der Waals surface area contributed by atoms with Crippen molar-refractivity contribution in [1.82, 2.24) is 10.6 Å². The van der Waals surface area contributed by atoms with Crippen LogP contribution in [0, 0.1) is 6.92 Å². The molecule has 0 aliphatic heterocycles. The Balaban J connectivity index is 1.59. The van der Waals surface area contributed by atoms with Crippen LogP contribution in [0.1, 0.15) is 20.8 Å². The van der Waals surface area contributed by atoms with E-state index in [2.05, 4.69) is 10.6 Å². The lowest BCUT2D eigenvalue weighted by Crippen LogP contribution is -2.36. The van der Waals surface area contributed by atoms with Gasteiger partial charge in [0.15, 0.2) is 0 Å². The lowest BCUT2D eigenvalue weighted by molar-refractivity contribution is -0.117. The number of carbonyl (C=O) groups excluding carboxylic acids is 2. The fourth-order valence-corrected chi connectivity index (χ4v) is 3.33. The summed E-state index contributed by atoms with van der Waals surface area (Å²) in [6.07, 6.45) is 1.66. The second-order valence-electron chi connectivity index (χ2n) is 6.67. The predicted octanol–water partition coefficient (Wildman–Crippen LogP) is 4.03. The number of carbonyl (C=O) groups is 2. The van der Waals surface area contributed by atoms with Crippen molar-refractivity contribution < 1.29 is 19.1 Å². The first-order valence-electron chi connectivity index (χ1n) is 9.73. The van der Waals surface area contributed by atoms with Gasteiger partial charge >= 0.3 is 0 Å². The largest absolute Gasteiger partial charge is 0.497 e. The molecule has 3 rings (SSSR count). The van der Waals surface area contributed by atoms with Crippen LogP contribution in [0.25, 0.3) is 6.08 Å². The van der Waals surface area contributed by atoms with E-state index in [-0.39, 0.29) is 30.7 Å². The van der Waals surface area contributed by atoms with Crippen molar-refractivity contribution in [2.45, 2.75) is 6.92 Å². The first-order valence-corrected chi connectivity index (χ1v) is 10.6. The molecule has 0 fully saturated rings. The van der Waals surface area contributed by atoms with E-state index in [1.807, 2.05) is 36.6 Å². The van der Waals surface area contributed by atoms with E-state index in [0.717, 1.165) is 16.2 Å². The van der Waals surface area contributed by atoms with Crippen LogP contribution in [-0.4, -0.2) is 32.1 Å². The van der Waals surface area contributed by atoms with E-state index in [0.29, 0.717) is 11.3 Å². The van der Waals surface area contributed by atoms with Gasteiger partial charge in [-0.05, 0) is 60.8 Å². The first kappa shape index (κ1) is 22.1. The van der Waals surface area contributed by atoms with Crippen LogP contribution in [0.3, 0.4) is 0 Å². The van der Waals surface area contributed by atoms with Gasteiger partial charge in [-0.25, -0.2) is 0 Å². The SMILES string of the molecule is COc1ccc(OCCNC(=O)/C(=C/c2cccs2)NC(=O)c2ccc(C)cc2)cc1. The number of hydrogen-bond acceptors (Lipinski definition) is 5. The van der Waals surface area contributed by atoms with Crippen molar-refractivity contribution in [3.63, 3.8) is 0 Å². The fourth-order valence-electron chi connectivity index (χ4n) is 2.67. The summed E-state index contributed by atoms with van der Waals surface area (Å²) >= 11 is 1.48. The van der Waals surface area contributed by atoms with Crippen molar-refractivity contribution in [2.75, 3.05) is 20.3 Å². The molecule has 1 heterocycles. The Bertz CT molecular complexity index is 1030.